The number of halogens is 2. The maximum atomic E-state index is 13.4. The van der Waals surface area contributed by atoms with Gasteiger partial charge in [-0.05, 0) is 53.5 Å². The molecule has 1 atom stereocenters. The highest BCUT2D eigenvalue weighted by atomic mass is 79.9. The first-order valence-electron chi connectivity index (χ1n) is 6.69. The number of rotatable bonds is 5. The van der Waals surface area contributed by atoms with Gasteiger partial charge < -0.3 is 4.74 Å². The predicted molar refractivity (Wildman–Crippen MR) is 85.5 cm³/mol. The molecule has 2 rings (SSSR count). The topological polar surface area (TPSA) is 47.3 Å². The van der Waals surface area contributed by atoms with Crippen LogP contribution in [0.3, 0.4) is 0 Å². The molecule has 0 spiro atoms. The molecule has 112 valence electrons. The number of nitrogens with two attached hydrogens (primary N) is 1. The molecule has 0 heterocycles. The molecule has 3 N–H and O–H groups in total. The molecule has 0 aromatic heterocycles. The Hall–Kier alpha value is -1.43. The van der Waals surface area contributed by atoms with E-state index in [9.17, 15) is 4.39 Å². The first kappa shape index (κ1) is 15.9. The average molecular weight is 353 g/mol. The van der Waals surface area contributed by atoms with Crippen LogP contribution in [0, 0.1) is 5.82 Å². The van der Waals surface area contributed by atoms with E-state index in [1.54, 1.807) is 12.1 Å². The molecule has 0 fully saturated rings. The van der Waals surface area contributed by atoms with Crippen LogP contribution in [0.25, 0.3) is 0 Å². The fraction of sp³-hybridized carbons (Fsp3) is 0.250. The number of hydrogen-bond donors (Lipinski definition) is 2. The molecule has 21 heavy (non-hydrogen) atoms. The fourth-order valence-corrected chi connectivity index (χ4v) is 2.53. The van der Waals surface area contributed by atoms with Crippen LogP contribution in [0.2, 0.25) is 0 Å². The highest BCUT2D eigenvalue weighted by molar-refractivity contribution is 9.10. The molecule has 0 amide bonds. The molecule has 0 saturated carbocycles. The third kappa shape index (κ3) is 3.81. The lowest BCUT2D eigenvalue weighted by Gasteiger charge is -2.22. The van der Waals surface area contributed by atoms with Crippen molar-refractivity contribution in [2.24, 2.45) is 5.84 Å². The van der Waals surface area contributed by atoms with Crippen molar-refractivity contribution in [1.29, 1.82) is 0 Å². The number of ether oxygens (including phenoxy) is 1. The first-order chi connectivity index (χ1) is 10.0. The summed E-state index contributed by atoms with van der Waals surface area (Å²) >= 11 is 3.20. The van der Waals surface area contributed by atoms with Gasteiger partial charge in [-0.25, -0.2) is 9.82 Å². The maximum absolute atomic E-state index is 13.4. The van der Waals surface area contributed by atoms with Crippen LogP contribution in [0.5, 0.6) is 5.75 Å². The van der Waals surface area contributed by atoms with E-state index < -0.39 is 0 Å². The van der Waals surface area contributed by atoms with E-state index in [2.05, 4.69) is 21.4 Å². The van der Waals surface area contributed by atoms with Crippen LogP contribution in [-0.2, 0) is 0 Å². The van der Waals surface area contributed by atoms with Crippen LogP contribution >= 0.6 is 15.9 Å². The first-order valence-corrected chi connectivity index (χ1v) is 7.49. The summed E-state index contributed by atoms with van der Waals surface area (Å²) in [7, 11) is 0. The summed E-state index contributed by atoms with van der Waals surface area (Å²) in [4.78, 5) is 0. The average Bonchev–Trinajstić information content (AvgIpc) is 2.44. The third-order valence-corrected chi connectivity index (χ3v) is 3.64. The van der Waals surface area contributed by atoms with Crippen LogP contribution in [-0.4, -0.2) is 6.10 Å². The fourth-order valence-electron chi connectivity index (χ4n) is 2.14. The molecule has 0 aliphatic heterocycles. The van der Waals surface area contributed by atoms with Gasteiger partial charge in [0.15, 0.2) is 0 Å². The van der Waals surface area contributed by atoms with E-state index in [-0.39, 0.29) is 18.0 Å². The molecule has 0 aliphatic rings. The Balaban J connectivity index is 2.43. The smallest absolute Gasteiger partial charge is 0.137 e. The van der Waals surface area contributed by atoms with Gasteiger partial charge >= 0.3 is 0 Å². The molecule has 5 heteroatoms. The van der Waals surface area contributed by atoms with Gasteiger partial charge in [-0.2, -0.15) is 0 Å². The molecule has 1 unspecified atom stereocenters. The number of nitrogens with one attached hydrogen (secondary N) is 1. The van der Waals surface area contributed by atoms with Crippen LogP contribution in [0.4, 0.5) is 4.39 Å². The Labute approximate surface area is 132 Å². The summed E-state index contributed by atoms with van der Waals surface area (Å²) in [6.45, 7) is 3.94. The largest absolute Gasteiger partial charge is 0.491 e. The normalized spacial score (nSPS) is 12.5. The monoisotopic (exact) mass is 352 g/mol. The quantitative estimate of drug-likeness (QED) is 0.633. The van der Waals surface area contributed by atoms with Crippen molar-refractivity contribution >= 4 is 15.9 Å². The second-order valence-electron chi connectivity index (χ2n) is 4.98. The highest BCUT2D eigenvalue weighted by Crippen LogP contribution is 2.31. The predicted octanol–water partition coefficient (Wildman–Crippen LogP) is 3.93. The van der Waals surface area contributed by atoms with Crippen molar-refractivity contribution in [3.05, 3.63) is 63.9 Å². The lowest BCUT2D eigenvalue weighted by atomic mass is 9.98. The van der Waals surface area contributed by atoms with E-state index in [1.807, 2.05) is 38.1 Å². The van der Waals surface area contributed by atoms with Gasteiger partial charge in [-0.3, -0.25) is 5.84 Å². The second kappa shape index (κ2) is 7.02. The van der Waals surface area contributed by atoms with Crippen molar-refractivity contribution in [2.45, 2.75) is 26.0 Å². The zero-order valence-electron chi connectivity index (χ0n) is 11.9. The van der Waals surface area contributed by atoms with E-state index in [0.717, 1.165) is 16.9 Å². The van der Waals surface area contributed by atoms with Gasteiger partial charge in [0.25, 0.3) is 0 Å². The summed E-state index contributed by atoms with van der Waals surface area (Å²) in [6, 6.07) is 12.2. The molecule has 0 saturated heterocycles. The number of para-hydroxylation sites is 1. The van der Waals surface area contributed by atoms with Crippen molar-refractivity contribution in [2.75, 3.05) is 0 Å². The van der Waals surface area contributed by atoms with E-state index in [0.29, 0.717) is 4.47 Å². The Bertz CT molecular complexity index is 619. The second-order valence-corrected chi connectivity index (χ2v) is 5.83. The van der Waals surface area contributed by atoms with E-state index in [1.165, 1.54) is 6.07 Å². The lowest BCUT2D eigenvalue weighted by Crippen LogP contribution is -2.29. The maximum Gasteiger partial charge on any atom is 0.137 e. The molecule has 2 aromatic carbocycles. The molecule has 0 aliphatic carbocycles. The van der Waals surface area contributed by atoms with Gasteiger partial charge in [-0.15, -0.1) is 0 Å². The van der Waals surface area contributed by atoms with Crippen LogP contribution in [0.15, 0.2) is 46.9 Å². The van der Waals surface area contributed by atoms with Gasteiger partial charge in [0.2, 0.25) is 0 Å². The minimum absolute atomic E-state index is 0.0597. The van der Waals surface area contributed by atoms with Gasteiger partial charge in [-0.1, -0.05) is 24.3 Å². The van der Waals surface area contributed by atoms with Crippen LogP contribution < -0.4 is 16.0 Å². The Morgan fingerprint density at radius 1 is 1.19 bits per heavy atom. The minimum atomic E-state index is -0.304. The summed E-state index contributed by atoms with van der Waals surface area (Å²) in [6.07, 6.45) is 0.0597. The van der Waals surface area contributed by atoms with Crippen LogP contribution in [0.1, 0.15) is 31.0 Å². The molecule has 0 bridgehead atoms. The molecule has 2 aromatic rings. The molecule has 3 nitrogen and oxygen atoms in total. The Kier molecular flexibility index (Phi) is 5.33. The minimum Gasteiger partial charge on any atom is -0.491 e. The summed E-state index contributed by atoms with van der Waals surface area (Å²) < 4.78 is 19.6. The van der Waals surface area contributed by atoms with E-state index in [4.69, 9.17) is 10.6 Å². The summed E-state index contributed by atoms with van der Waals surface area (Å²) in [5, 5.41) is 0. The van der Waals surface area contributed by atoms with Gasteiger partial charge in [0, 0.05) is 5.56 Å². The SMILES string of the molecule is CC(C)Oc1ccccc1C(NN)c1ccc(F)c(Br)c1. The lowest BCUT2D eigenvalue weighted by molar-refractivity contribution is 0.238. The molecular weight excluding hydrogens is 335 g/mol. The molecular formula is C16H18BrFN2O. The highest BCUT2D eigenvalue weighted by Gasteiger charge is 2.18. The van der Waals surface area contributed by atoms with Gasteiger partial charge in [0.1, 0.15) is 11.6 Å². The van der Waals surface area contributed by atoms with Crippen molar-refractivity contribution in [1.82, 2.24) is 5.43 Å². The zero-order valence-corrected chi connectivity index (χ0v) is 13.5. The van der Waals surface area contributed by atoms with Crippen molar-refractivity contribution in [3.8, 4) is 5.75 Å². The van der Waals surface area contributed by atoms with Crippen molar-refractivity contribution < 1.29 is 9.13 Å². The van der Waals surface area contributed by atoms with E-state index >= 15 is 0 Å². The number of hydrogen-bond acceptors (Lipinski definition) is 3. The summed E-state index contributed by atoms with van der Waals surface area (Å²) in [5.74, 6) is 6.17. The molecule has 0 radical (unpaired) electrons. The Morgan fingerprint density at radius 2 is 1.90 bits per heavy atom. The number of hydrazine groups is 1. The van der Waals surface area contributed by atoms with Crippen molar-refractivity contribution in [3.63, 3.8) is 0 Å². The standard InChI is InChI=1S/C16H18BrFN2O/c1-10(2)21-15-6-4-3-5-12(15)16(20-19)11-7-8-14(18)13(17)9-11/h3-10,16,20H,19H2,1-2H3. The summed E-state index contributed by atoms with van der Waals surface area (Å²) in [5.41, 5.74) is 4.53. The van der Waals surface area contributed by atoms with Gasteiger partial charge in [0.05, 0.1) is 16.6 Å². The zero-order chi connectivity index (χ0) is 15.4. The third-order valence-electron chi connectivity index (χ3n) is 3.04. The Morgan fingerprint density at radius 3 is 2.52 bits per heavy atom. The number of benzene rings is 2.